The molecule has 0 aromatic rings. The molecule has 0 bridgehead atoms. The first kappa shape index (κ1) is 18.0. The number of rotatable bonds is 4. The van der Waals surface area contributed by atoms with Crippen LogP contribution in [0.15, 0.2) is 0 Å². The molecule has 1 aliphatic heterocycles. The Labute approximate surface area is 149 Å². The summed E-state index contributed by atoms with van der Waals surface area (Å²) < 4.78 is 11.7. The van der Waals surface area contributed by atoms with Crippen molar-refractivity contribution >= 4 is 29.0 Å². The van der Waals surface area contributed by atoms with Crippen LogP contribution in [0.2, 0.25) is 0 Å². The van der Waals surface area contributed by atoms with Crippen molar-refractivity contribution in [2.45, 2.75) is 87.4 Å². The maximum atomic E-state index is 12.8. The minimum atomic E-state index is -0.0444. The van der Waals surface area contributed by atoms with E-state index in [4.69, 9.17) is 32.7 Å². The molecule has 3 aliphatic rings. The van der Waals surface area contributed by atoms with Gasteiger partial charge in [-0.3, -0.25) is 4.79 Å². The van der Waals surface area contributed by atoms with Gasteiger partial charge in [-0.05, 0) is 64.2 Å². The van der Waals surface area contributed by atoms with Crippen molar-refractivity contribution in [3.05, 3.63) is 0 Å². The van der Waals surface area contributed by atoms with Crippen LogP contribution in [0, 0.1) is 11.8 Å². The SMILES string of the molecule is O=C(C1CCC(OC2CCCCO2)CC1)C1CC(Cl)CCC1Cl. The second kappa shape index (κ2) is 8.51. The summed E-state index contributed by atoms with van der Waals surface area (Å²) in [5, 5.41) is 0.0872. The third-order valence-corrected chi connectivity index (χ3v) is 6.54. The van der Waals surface area contributed by atoms with Crippen molar-refractivity contribution < 1.29 is 14.3 Å². The van der Waals surface area contributed by atoms with E-state index in [2.05, 4.69) is 0 Å². The van der Waals surface area contributed by atoms with Gasteiger partial charge < -0.3 is 9.47 Å². The van der Waals surface area contributed by atoms with E-state index < -0.39 is 0 Å². The van der Waals surface area contributed by atoms with Crippen molar-refractivity contribution in [2.75, 3.05) is 6.61 Å². The number of hydrogen-bond acceptors (Lipinski definition) is 3. The lowest BCUT2D eigenvalue weighted by Gasteiger charge is -2.35. The number of carbonyl (C=O) groups excluding carboxylic acids is 1. The van der Waals surface area contributed by atoms with E-state index in [0.717, 1.165) is 64.4 Å². The second-order valence-electron chi connectivity index (χ2n) is 7.34. The smallest absolute Gasteiger partial charge is 0.157 e. The molecule has 3 nitrogen and oxygen atoms in total. The molecule has 0 N–H and O–H groups in total. The van der Waals surface area contributed by atoms with E-state index in [9.17, 15) is 4.79 Å². The molecule has 2 saturated carbocycles. The molecule has 0 aromatic carbocycles. The Hall–Kier alpha value is 0.170. The van der Waals surface area contributed by atoms with Crippen LogP contribution < -0.4 is 0 Å². The predicted molar refractivity (Wildman–Crippen MR) is 92.1 cm³/mol. The molecule has 3 rings (SSSR count). The monoisotopic (exact) mass is 362 g/mol. The molecule has 23 heavy (non-hydrogen) atoms. The van der Waals surface area contributed by atoms with E-state index in [-0.39, 0.29) is 35.0 Å². The van der Waals surface area contributed by atoms with Gasteiger partial charge in [0, 0.05) is 29.2 Å². The maximum absolute atomic E-state index is 12.8. The molecular formula is C18H28Cl2O3. The molecule has 4 atom stereocenters. The zero-order valence-electron chi connectivity index (χ0n) is 13.7. The molecule has 5 heteroatoms. The van der Waals surface area contributed by atoms with Crippen LogP contribution in [0.25, 0.3) is 0 Å². The molecular weight excluding hydrogens is 335 g/mol. The summed E-state index contributed by atoms with van der Waals surface area (Å²) in [6.07, 6.45) is 9.87. The molecule has 132 valence electrons. The number of ether oxygens (including phenoxy) is 2. The van der Waals surface area contributed by atoms with Crippen molar-refractivity contribution in [3.8, 4) is 0 Å². The van der Waals surface area contributed by atoms with Gasteiger partial charge in [-0.1, -0.05) is 0 Å². The van der Waals surface area contributed by atoms with Crippen LogP contribution in [-0.2, 0) is 14.3 Å². The highest BCUT2D eigenvalue weighted by Crippen LogP contribution is 2.37. The molecule has 3 fully saturated rings. The first-order valence-corrected chi connectivity index (χ1v) is 10.1. The Kier molecular flexibility index (Phi) is 6.65. The highest BCUT2D eigenvalue weighted by molar-refractivity contribution is 6.24. The topological polar surface area (TPSA) is 35.5 Å². The van der Waals surface area contributed by atoms with Gasteiger partial charge in [-0.25, -0.2) is 0 Å². The van der Waals surface area contributed by atoms with Crippen LogP contribution in [-0.4, -0.2) is 35.5 Å². The Morgan fingerprint density at radius 3 is 2.43 bits per heavy atom. The van der Waals surface area contributed by atoms with Gasteiger partial charge in [0.15, 0.2) is 6.29 Å². The molecule has 0 amide bonds. The maximum Gasteiger partial charge on any atom is 0.157 e. The van der Waals surface area contributed by atoms with Crippen LogP contribution >= 0.6 is 23.2 Å². The molecule has 4 unspecified atom stereocenters. The number of ketones is 1. The quantitative estimate of drug-likeness (QED) is 0.681. The number of halogens is 2. The summed E-state index contributed by atoms with van der Waals surface area (Å²) >= 11 is 12.6. The van der Waals surface area contributed by atoms with E-state index in [0.29, 0.717) is 5.78 Å². The van der Waals surface area contributed by atoms with E-state index >= 15 is 0 Å². The summed E-state index contributed by atoms with van der Waals surface area (Å²) in [6, 6.07) is 0. The fraction of sp³-hybridized carbons (Fsp3) is 0.944. The summed E-state index contributed by atoms with van der Waals surface area (Å²) in [7, 11) is 0. The average Bonchev–Trinajstić information content (AvgIpc) is 2.58. The van der Waals surface area contributed by atoms with Gasteiger partial charge in [-0.15, -0.1) is 23.2 Å². The number of hydrogen-bond donors (Lipinski definition) is 0. The van der Waals surface area contributed by atoms with Gasteiger partial charge in [0.05, 0.1) is 6.10 Å². The van der Waals surface area contributed by atoms with Crippen LogP contribution in [0.1, 0.15) is 64.2 Å². The Bertz CT molecular complexity index is 390. The Morgan fingerprint density at radius 1 is 0.957 bits per heavy atom. The van der Waals surface area contributed by atoms with E-state index in [1.165, 1.54) is 6.42 Å². The lowest BCUT2D eigenvalue weighted by Crippen LogP contribution is -2.38. The molecule has 0 aromatic heterocycles. The van der Waals surface area contributed by atoms with Crippen LogP contribution in [0.5, 0.6) is 0 Å². The molecule has 0 spiro atoms. The number of Topliss-reactive ketones (excluding diaryl/α,β-unsaturated/α-hetero) is 1. The fourth-order valence-corrected chi connectivity index (χ4v) is 4.87. The third-order valence-electron chi connectivity index (χ3n) is 5.63. The van der Waals surface area contributed by atoms with Crippen molar-refractivity contribution in [1.82, 2.24) is 0 Å². The standard InChI is InChI=1S/C18H28Cl2O3/c19-13-6-9-16(20)15(11-13)18(21)12-4-7-14(8-5-12)23-17-3-1-2-10-22-17/h12-17H,1-11H2. The normalized spacial score (nSPS) is 42.3. The summed E-state index contributed by atoms with van der Waals surface area (Å²) in [4.78, 5) is 12.8. The molecule has 1 saturated heterocycles. The van der Waals surface area contributed by atoms with Gasteiger partial charge in [0.2, 0.25) is 0 Å². The largest absolute Gasteiger partial charge is 0.353 e. The molecule has 1 heterocycles. The zero-order valence-corrected chi connectivity index (χ0v) is 15.2. The molecule has 2 aliphatic carbocycles. The summed E-state index contributed by atoms with van der Waals surface area (Å²) in [6.45, 7) is 0.816. The summed E-state index contributed by atoms with van der Waals surface area (Å²) in [5.41, 5.74) is 0. The van der Waals surface area contributed by atoms with E-state index in [1.54, 1.807) is 0 Å². The first-order valence-electron chi connectivity index (χ1n) is 9.22. The molecule has 0 radical (unpaired) electrons. The third kappa shape index (κ3) is 4.84. The zero-order chi connectivity index (χ0) is 16.2. The number of carbonyl (C=O) groups is 1. The Morgan fingerprint density at radius 2 is 1.74 bits per heavy atom. The van der Waals surface area contributed by atoms with Crippen molar-refractivity contribution in [2.24, 2.45) is 11.8 Å². The van der Waals surface area contributed by atoms with Crippen LogP contribution in [0.4, 0.5) is 0 Å². The van der Waals surface area contributed by atoms with Gasteiger partial charge in [0.1, 0.15) is 5.78 Å². The minimum absolute atomic E-state index is 0.0245. The lowest BCUT2D eigenvalue weighted by atomic mass is 9.75. The van der Waals surface area contributed by atoms with Gasteiger partial charge >= 0.3 is 0 Å². The Balaban J connectivity index is 1.45. The fourth-order valence-electron chi connectivity index (χ4n) is 4.20. The summed E-state index contributed by atoms with van der Waals surface area (Å²) in [5.74, 6) is 0.454. The predicted octanol–water partition coefficient (Wildman–Crippen LogP) is 4.67. The van der Waals surface area contributed by atoms with Crippen LogP contribution in [0.3, 0.4) is 0 Å². The van der Waals surface area contributed by atoms with E-state index in [1.807, 2.05) is 0 Å². The van der Waals surface area contributed by atoms with Crippen molar-refractivity contribution in [1.29, 1.82) is 0 Å². The minimum Gasteiger partial charge on any atom is -0.353 e. The highest BCUT2D eigenvalue weighted by atomic mass is 35.5. The van der Waals surface area contributed by atoms with Gasteiger partial charge in [-0.2, -0.15) is 0 Å². The van der Waals surface area contributed by atoms with Crippen molar-refractivity contribution in [3.63, 3.8) is 0 Å². The van der Waals surface area contributed by atoms with Gasteiger partial charge in [0.25, 0.3) is 0 Å². The highest BCUT2D eigenvalue weighted by Gasteiger charge is 2.38. The second-order valence-corrected chi connectivity index (χ2v) is 8.52. The number of alkyl halides is 2. The lowest BCUT2D eigenvalue weighted by molar-refractivity contribution is -0.194. The first-order chi connectivity index (χ1) is 11.1. The average molecular weight is 363 g/mol.